The molecular weight excluding hydrogens is 293 g/mol. The number of halogens is 1. The van der Waals surface area contributed by atoms with Crippen LogP contribution in [0.1, 0.15) is 30.0 Å². The first-order chi connectivity index (χ1) is 11.0. The van der Waals surface area contributed by atoms with Crippen molar-refractivity contribution in [1.29, 1.82) is 0 Å². The Morgan fingerprint density at radius 1 is 1.22 bits per heavy atom. The number of carbonyl (C=O) groups excluding carboxylic acids is 1. The monoisotopic (exact) mass is 313 g/mol. The highest BCUT2D eigenvalue weighted by atomic mass is 19.1. The predicted molar refractivity (Wildman–Crippen MR) is 86.2 cm³/mol. The molecule has 1 atom stereocenters. The molecule has 2 aromatic rings. The van der Waals surface area contributed by atoms with Gasteiger partial charge in [0.1, 0.15) is 5.82 Å². The number of carbonyl (C=O) groups is 1. The largest absolute Gasteiger partial charge is 0.385 e. The van der Waals surface area contributed by atoms with Gasteiger partial charge in [-0.1, -0.05) is 42.5 Å². The minimum atomic E-state index is -1.21. The number of hydrogen-bond acceptors (Lipinski definition) is 2. The number of hydrogen-bond donors (Lipinski definition) is 1. The van der Waals surface area contributed by atoms with Crippen LogP contribution in [0.15, 0.2) is 48.5 Å². The second kappa shape index (κ2) is 6.13. The van der Waals surface area contributed by atoms with Crippen LogP contribution >= 0.6 is 0 Å². The van der Waals surface area contributed by atoms with E-state index in [2.05, 4.69) is 0 Å². The minimum Gasteiger partial charge on any atom is -0.385 e. The van der Waals surface area contributed by atoms with Gasteiger partial charge in [0.2, 0.25) is 5.91 Å². The lowest BCUT2D eigenvalue weighted by molar-refractivity contribution is -0.137. The number of amides is 1. The van der Waals surface area contributed by atoms with Gasteiger partial charge >= 0.3 is 0 Å². The fourth-order valence-corrected chi connectivity index (χ4v) is 3.08. The van der Waals surface area contributed by atoms with Crippen molar-refractivity contribution in [3.8, 4) is 0 Å². The Kier molecular flexibility index (Phi) is 4.18. The Balaban J connectivity index is 1.72. The highest BCUT2D eigenvalue weighted by Crippen LogP contribution is 2.27. The summed E-state index contributed by atoms with van der Waals surface area (Å²) in [7, 11) is 0. The van der Waals surface area contributed by atoms with Gasteiger partial charge in [-0.2, -0.15) is 0 Å². The van der Waals surface area contributed by atoms with Crippen molar-refractivity contribution < 1.29 is 14.3 Å². The number of fused-ring (bicyclic) bond motifs is 1. The normalized spacial score (nSPS) is 16.6. The van der Waals surface area contributed by atoms with Crippen LogP contribution in [0, 0.1) is 5.82 Å². The molecule has 0 aromatic heterocycles. The molecule has 2 aromatic carbocycles. The predicted octanol–water partition coefficient (Wildman–Crippen LogP) is 3.01. The lowest BCUT2D eigenvalue weighted by atomic mass is 9.91. The van der Waals surface area contributed by atoms with Gasteiger partial charge in [-0.05, 0) is 36.1 Å². The second-order valence-electron chi connectivity index (χ2n) is 6.26. The molecule has 1 amide bonds. The lowest BCUT2D eigenvalue weighted by Gasteiger charge is -2.32. The van der Waals surface area contributed by atoms with Crippen LogP contribution in [0.4, 0.5) is 4.39 Å². The van der Waals surface area contributed by atoms with E-state index in [1.54, 1.807) is 17.9 Å². The van der Waals surface area contributed by atoms with Crippen LogP contribution in [-0.2, 0) is 23.4 Å². The summed E-state index contributed by atoms with van der Waals surface area (Å²) < 4.78 is 13.7. The molecule has 3 rings (SSSR count). The molecule has 0 bridgehead atoms. The fraction of sp³-hybridized carbons (Fsp3) is 0.316. The molecule has 1 aliphatic heterocycles. The molecule has 3 nitrogen and oxygen atoms in total. The molecular formula is C19H20FNO2. The quantitative estimate of drug-likeness (QED) is 0.946. The van der Waals surface area contributed by atoms with Crippen LogP contribution < -0.4 is 0 Å². The number of benzene rings is 2. The zero-order chi connectivity index (χ0) is 16.4. The van der Waals surface area contributed by atoms with Crippen molar-refractivity contribution in [2.75, 3.05) is 6.54 Å². The zero-order valence-corrected chi connectivity index (χ0v) is 13.1. The van der Waals surface area contributed by atoms with Crippen LogP contribution in [0.25, 0.3) is 0 Å². The number of nitrogens with zero attached hydrogens (tertiary/aromatic N) is 1. The van der Waals surface area contributed by atoms with Gasteiger partial charge in [-0.15, -0.1) is 0 Å². The molecule has 4 heteroatoms. The minimum absolute atomic E-state index is 0.0155. The molecule has 0 aliphatic carbocycles. The van der Waals surface area contributed by atoms with Crippen molar-refractivity contribution in [2.45, 2.75) is 31.9 Å². The molecule has 1 N–H and O–H groups in total. The van der Waals surface area contributed by atoms with Crippen LogP contribution in [0.3, 0.4) is 0 Å². The molecule has 0 spiro atoms. The maximum absolute atomic E-state index is 13.7. The van der Waals surface area contributed by atoms with Gasteiger partial charge in [0.05, 0.1) is 12.0 Å². The fourth-order valence-electron chi connectivity index (χ4n) is 3.08. The van der Waals surface area contributed by atoms with E-state index >= 15 is 0 Å². The summed E-state index contributed by atoms with van der Waals surface area (Å²) in [6, 6.07) is 14.2. The number of rotatable bonds is 3. The molecule has 1 heterocycles. The van der Waals surface area contributed by atoms with Crippen molar-refractivity contribution in [3.05, 3.63) is 71.0 Å². The van der Waals surface area contributed by atoms with Crippen molar-refractivity contribution in [3.63, 3.8) is 0 Å². The van der Waals surface area contributed by atoms with Crippen molar-refractivity contribution >= 4 is 5.91 Å². The smallest absolute Gasteiger partial charge is 0.226 e. The first-order valence-electron chi connectivity index (χ1n) is 7.79. The lowest BCUT2D eigenvalue weighted by Crippen LogP contribution is -2.40. The third kappa shape index (κ3) is 3.27. The Morgan fingerprint density at radius 3 is 2.70 bits per heavy atom. The topological polar surface area (TPSA) is 40.5 Å². The van der Waals surface area contributed by atoms with Gasteiger partial charge in [-0.3, -0.25) is 4.79 Å². The van der Waals surface area contributed by atoms with Gasteiger partial charge < -0.3 is 10.0 Å². The van der Waals surface area contributed by atoms with E-state index in [4.69, 9.17) is 0 Å². The van der Waals surface area contributed by atoms with E-state index in [1.165, 1.54) is 6.07 Å². The molecule has 23 heavy (non-hydrogen) atoms. The van der Waals surface area contributed by atoms with Crippen molar-refractivity contribution in [1.82, 2.24) is 4.90 Å². The summed E-state index contributed by atoms with van der Waals surface area (Å²) in [5, 5.41) is 10.6. The Hall–Kier alpha value is -2.20. The third-order valence-corrected chi connectivity index (χ3v) is 4.45. The molecule has 120 valence electrons. The van der Waals surface area contributed by atoms with E-state index in [1.807, 2.05) is 36.4 Å². The maximum atomic E-state index is 13.7. The first-order valence-corrected chi connectivity index (χ1v) is 7.79. The van der Waals surface area contributed by atoms with E-state index in [-0.39, 0.29) is 18.1 Å². The van der Waals surface area contributed by atoms with Crippen molar-refractivity contribution in [2.24, 2.45) is 0 Å². The Morgan fingerprint density at radius 2 is 1.96 bits per heavy atom. The van der Waals surface area contributed by atoms with E-state index in [0.717, 1.165) is 11.1 Å². The van der Waals surface area contributed by atoms with Crippen LogP contribution in [0.2, 0.25) is 0 Å². The molecule has 1 aliphatic rings. The summed E-state index contributed by atoms with van der Waals surface area (Å²) in [6.07, 6.45) is 0.531. The first kappa shape index (κ1) is 15.7. The van der Waals surface area contributed by atoms with Gasteiger partial charge in [0.25, 0.3) is 0 Å². The average Bonchev–Trinajstić information content (AvgIpc) is 2.55. The zero-order valence-electron chi connectivity index (χ0n) is 13.1. The Labute approximate surface area is 135 Å². The van der Waals surface area contributed by atoms with E-state index in [9.17, 15) is 14.3 Å². The number of aliphatic hydroxyl groups is 1. The molecule has 0 unspecified atom stereocenters. The molecule has 0 fully saturated rings. The third-order valence-electron chi connectivity index (χ3n) is 4.45. The van der Waals surface area contributed by atoms with Gasteiger partial charge in [0, 0.05) is 13.1 Å². The summed E-state index contributed by atoms with van der Waals surface area (Å²) in [5.74, 6) is -0.320. The van der Waals surface area contributed by atoms with Crippen LogP contribution in [-0.4, -0.2) is 22.5 Å². The van der Waals surface area contributed by atoms with E-state index < -0.39 is 5.60 Å². The van der Waals surface area contributed by atoms with E-state index in [0.29, 0.717) is 25.1 Å². The Bertz CT molecular complexity index is 713. The summed E-state index contributed by atoms with van der Waals surface area (Å²) in [6.45, 7) is 2.53. The molecule has 0 saturated heterocycles. The summed E-state index contributed by atoms with van der Waals surface area (Å²) in [5.41, 5.74) is 1.06. The summed E-state index contributed by atoms with van der Waals surface area (Å²) in [4.78, 5) is 14.2. The SMILES string of the molecule is C[C@](O)(CC(=O)N1CCc2c(F)cccc2C1)c1ccccc1. The van der Waals surface area contributed by atoms with Crippen LogP contribution in [0.5, 0.6) is 0 Å². The summed E-state index contributed by atoms with van der Waals surface area (Å²) >= 11 is 0. The van der Waals surface area contributed by atoms with Gasteiger partial charge in [0.15, 0.2) is 0 Å². The maximum Gasteiger partial charge on any atom is 0.226 e. The van der Waals surface area contributed by atoms with Gasteiger partial charge in [-0.25, -0.2) is 4.39 Å². The highest BCUT2D eigenvalue weighted by Gasteiger charge is 2.30. The molecule has 0 saturated carbocycles. The average molecular weight is 313 g/mol. The molecule has 0 radical (unpaired) electrons. The standard InChI is InChI=1S/C19H20FNO2/c1-19(23,15-7-3-2-4-8-15)12-18(22)21-11-10-16-14(13-21)6-5-9-17(16)20/h2-9,23H,10-13H2,1H3/t19-/m0/s1. The second-order valence-corrected chi connectivity index (χ2v) is 6.26. The highest BCUT2D eigenvalue weighted by molar-refractivity contribution is 5.77.